The van der Waals surface area contributed by atoms with E-state index >= 15 is 0 Å². The van der Waals surface area contributed by atoms with Gasteiger partial charge in [0.15, 0.2) is 6.61 Å². The van der Waals surface area contributed by atoms with Crippen LogP contribution in [0.2, 0.25) is 5.02 Å². The van der Waals surface area contributed by atoms with E-state index < -0.39 is 16.1 Å². The van der Waals surface area contributed by atoms with E-state index in [1.54, 1.807) is 41.0 Å². The Bertz CT molecular complexity index is 1120. The molecule has 1 saturated heterocycles. The Balaban J connectivity index is 1.55. The Kier molecular flexibility index (Phi) is 8.46. The molecular formula is C22H26ClN3O7S. The molecule has 1 aliphatic rings. The maximum atomic E-state index is 12.7. The van der Waals surface area contributed by atoms with Gasteiger partial charge in [-0.15, -0.1) is 0 Å². The molecule has 1 N–H and O–H groups in total. The predicted octanol–water partition coefficient (Wildman–Crippen LogP) is 2.83. The second kappa shape index (κ2) is 11.3. The van der Waals surface area contributed by atoms with Gasteiger partial charge in [0.05, 0.1) is 23.6 Å². The molecule has 0 saturated carbocycles. The summed E-state index contributed by atoms with van der Waals surface area (Å²) in [6.45, 7) is 3.24. The summed E-state index contributed by atoms with van der Waals surface area (Å²) in [6, 6.07) is 10.4. The Morgan fingerprint density at radius 3 is 2.26 bits per heavy atom. The fourth-order valence-corrected chi connectivity index (χ4v) is 4.61. The highest BCUT2D eigenvalue weighted by atomic mass is 35.5. The van der Waals surface area contributed by atoms with Crippen LogP contribution in [0.3, 0.4) is 0 Å². The average molecular weight is 512 g/mol. The van der Waals surface area contributed by atoms with Crippen LogP contribution in [-0.4, -0.2) is 76.7 Å². The number of nitrogens with one attached hydrogen (secondary N) is 1. The molecule has 10 nitrogen and oxygen atoms in total. The van der Waals surface area contributed by atoms with Crippen molar-refractivity contribution in [1.29, 1.82) is 0 Å². The molecule has 0 unspecified atom stereocenters. The number of piperazine rings is 1. The molecule has 2 aromatic rings. The third kappa shape index (κ3) is 6.45. The molecule has 1 heterocycles. The normalized spacial score (nSPS) is 13.9. The molecule has 12 heteroatoms. The van der Waals surface area contributed by atoms with Gasteiger partial charge in [0.2, 0.25) is 0 Å². The van der Waals surface area contributed by atoms with Crippen LogP contribution in [0.5, 0.6) is 11.5 Å². The van der Waals surface area contributed by atoms with Crippen molar-refractivity contribution in [1.82, 2.24) is 9.80 Å². The van der Waals surface area contributed by atoms with Crippen molar-refractivity contribution < 1.29 is 32.2 Å². The van der Waals surface area contributed by atoms with E-state index in [1.165, 1.54) is 25.3 Å². The number of amides is 2. The van der Waals surface area contributed by atoms with Crippen molar-refractivity contribution in [2.45, 2.75) is 11.8 Å². The second-order valence-electron chi connectivity index (χ2n) is 7.28. The highest BCUT2D eigenvalue weighted by Gasteiger charge is 2.25. The highest BCUT2D eigenvalue weighted by molar-refractivity contribution is 7.92. The van der Waals surface area contributed by atoms with E-state index in [2.05, 4.69) is 4.72 Å². The lowest BCUT2D eigenvalue weighted by Crippen LogP contribution is -2.51. The van der Waals surface area contributed by atoms with E-state index in [0.717, 1.165) is 0 Å². The summed E-state index contributed by atoms with van der Waals surface area (Å²) in [6.07, 6.45) is -0.394. The first-order valence-electron chi connectivity index (χ1n) is 10.5. The van der Waals surface area contributed by atoms with Crippen molar-refractivity contribution >= 4 is 39.3 Å². The van der Waals surface area contributed by atoms with Gasteiger partial charge in [0.25, 0.3) is 15.9 Å². The molecule has 1 fully saturated rings. The van der Waals surface area contributed by atoms with E-state index in [1.807, 2.05) is 0 Å². The fraction of sp³-hybridized carbons (Fsp3) is 0.364. The lowest BCUT2D eigenvalue weighted by atomic mass is 10.3. The molecule has 0 bridgehead atoms. The number of hydrogen-bond acceptors (Lipinski definition) is 7. The average Bonchev–Trinajstić information content (AvgIpc) is 2.83. The van der Waals surface area contributed by atoms with Crippen molar-refractivity contribution in [2.75, 3.05) is 51.2 Å². The first-order chi connectivity index (χ1) is 16.2. The molecule has 0 radical (unpaired) electrons. The van der Waals surface area contributed by atoms with Gasteiger partial charge in [-0.1, -0.05) is 11.6 Å². The van der Waals surface area contributed by atoms with Crippen LogP contribution < -0.4 is 14.2 Å². The van der Waals surface area contributed by atoms with Crippen molar-refractivity contribution in [2.24, 2.45) is 0 Å². The first-order valence-corrected chi connectivity index (χ1v) is 12.4. The van der Waals surface area contributed by atoms with Crippen molar-refractivity contribution in [3.8, 4) is 11.5 Å². The first kappa shape index (κ1) is 25.4. The van der Waals surface area contributed by atoms with Gasteiger partial charge in [-0.2, -0.15) is 0 Å². The van der Waals surface area contributed by atoms with Gasteiger partial charge in [0, 0.05) is 31.9 Å². The Morgan fingerprint density at radius 1 is 1.03 bits per heavy atom. The zero-order valence-corrected chi connectivity index (χ0v) is 20.4. The number of methoxy groups -OCH3 is 1. The number of nitrogens with zero attached hydrogens (tertiary/aromatic N) is 2. The van der Waals surface area contributed by atoms with Crippen molar-refractivity contribution in [3.63, 3.8) is 0 Å². The van der Waals surface area contributed by atoms with Crippen LogP contribution in [0.1, 0.15) is 6.92 Å². The Morgan fingerprint density at radius 2 is 1.68 bits per heavy atom. The van der Waals surface area contributed by atoms with Crippen molar-refractivity contribution in [3.05, 3.63) is 47.5 Å². The molecule has 0 aromatic heterocycles. The lowest BCUT2D eigenvalue weighted by molar-refractivity contribution is -0.134. The topological polar surface area (TPSA) is 114 Å². The molecule has 2 amide bonds. The van der Waals surface area contributed by atoms with E-state index in [4.69, 9.17) is 25.8 Å². The molecule has 34 heavy (non-hydrogen) atoms. The molecule has 0 spiro atoms. The van der Waals surface area contributed by atoms with Crippen LogP contribution >= 0.6 is 11.6 Å². The van der Waals surface area contributed by atoms with Crippen LogP contribution in [-0.2, 0) is 19.6 Å². The number of benzene rings is 2. The third-order valence-corrected chi connectivity index (χ3v) is 6.74. The summed E-state index contributed by atoms with van der Waals surface area (Å²) in [4.78, 5) is 27.3. The minimum Gasteiger partial charge on any atom is -0.497 e. The van der Waals surface area contributed by atoms with Gasteiger partial charge >= 0.3 is 6.09 Å². The molecule has 3 rings (SSSR count). The summed E-state index contributed by atoms with van der Waals surface area (Å²) in [5, 5.41) is 0.0533. The fourth-order valence-electron chi connectivity index (χ4n) is 3.22. The maximum Gasteiger partial charge on any atom is 0.409 e. The minimum absolute atomic E-state index is 0.0533. The number of rotatable bonds is 8. The van der Waals surface area contributed by atoms with E-state index in [-0.39, 0.29) is 28.2 Å². The molecule has 0 atom stereocenters. The summed E-state index contributed by atoms with van der Waals surface area (Å²) >= 11 is 6.21. The quantitative estimate of drug-likeness (QED) is 0.579. The van der Waals surface area contributed by atoms with Gasteiger partial charge in [-0.3, -0.25) is 9.52 Å². The van der Waals surface area contributed by atoms with Gasteiger partial charge < -0.3 is 24.0 Å². The smallest absolute Gasteiger partial charge is 0.409 e. The van der Waals surface area contributed by atoms with Crippen LogP contribution in [0.15, 0.2) is 47.4 Å². The molecule has 1 aliphatic heterocycles. The number of halogens is 1. The lowest BCUT2D eigenvalue weighted by Gasteiger charge is -2.34. The number of carbonyl (C=O) groups excluding carboxylic acids is 2. The summed E-state index contributed by atoms with van der Waals surface area (Å²) in [5.41, 5.74) is 0.367. The SMILES string of the molecule is CCOC(=O)N1CCN(C(=O)COc2ccc(S(=O)(=O)Nc3ccc(OC)cc3)cc2Cl)CC1. The molecular weight excluding hydrogens is 486 g/mol. The zero-order chi connectivity index (χ0) is 24.7. The van der Waals surface area contributed by atoms with Gasteiger partial charge in [-0.05, 0) is 49.4 Å². The number of carbonyl (C=O) groups is 2. The largest absolute Gasteiger partial charge is 0.497 e. The molecule has 184 valence electrons. The van der Waals surface area contributed by atoms with E-state index in [0.29, 0.717) is 44.2 Å². The van der Waals surface area contributed by atoms with E-state index in [9.17, 15) is 18.0 Å². The Hall–Kier alpha value is -3.18. The predicted molar refractivity (Wildman–Crippen MR) is 126 cm³/mol. The summed E-state index contributed by atoms with van der Waals surface area (Å²) in [7, 11) is -2.37. The van der Waals surface area contributed by atoms with Gasteiger partial charge in [0.1, 0.15) is 11.5 Å². The third-order valence-electron chi connectivity index (χ3n) is 5.07. The van der Waals surface area contributed by atoms with Crippen LogP contribution in [0, 0.1) is 0 Å². The monoisotopic (exact) mass is 511 g/mol. The Labute approximate surface area is 203 Å². The summed E-state index contributed by atoms with van der Waals surface area (Å²) < 4.78 is 43.3. The molecule has 0 aliphatic carbocycles. The zero-order valence-electron chi connectivity index (χ0n) is 18.8. The summed E-state index contributed by atoms with van der Waals surface area (Å²) in [5.74, 6) is 0.518. The van der Waals surface area contributed by atoms with Gasteiger partial charge in [-0.25, -0.2) is 13.2 Å². The number of sulfonamides is 1. The number of ether oxygens (including phenoxy) is 3. The standard InChI is InChI=1S/C22H26ClN3O7S/c1-3-32-22(28)26-12-10-25(11-13-26)21(27)15-33-20-9-8-18(14-19(20)23)34(29,30)24-16-4-6-17(31-2)7-5-16/h4-9,14,24H,3,10-13,15H2,1-2H3. The second-order valence-corrected chi connectivity index (χ2v) is 9.37. The maximum absolute atomic E-state index is 12.7. The minimum atomic E-state index is -3.89. The molecule has 2 aromatic carbocycles. The van der Waals surface area contributed by atoms with Crippen LogP contribution in [0.4, 0.5) is 10.5 Å². The highest BCUT2D eigenvalue weighted by Crippen LogP contribution is 2.28. The number of hydrogen-bond donors (Lipinski definition) is 1. The number of anilines is 1. The van der Waals surface area contributed by atoms with Crippen LogP contribution in [0.25, 0.3) is 0 Å².